The largest absolute Gasteiger partial charge is 0.490 e. The fourth-order valence-corrected chi connectivity index (χ4v) is 6.09. The van der Waals surface area contributed by atoms with E-state index in [4.69, 9.17) is 9.47 Å². The molecule has 1 fully saturated rings. The number of unbranched alkanes of at least 4 members (excludes halogenated alkanes) is 2. The normalized spacial score (nSPS) is 18.4. The van der Waals surface area contributed by atoms with Crippen molar-refractivity contribution in [3.63, 3.8) is 0 Å². The Balaban J connectivity index is 1.65. The minimum Gasteiger partial charge on any atom is -0.490 e. The Morgan fingerprint density at radius 3 is 2.48 bits per heavy atom. The third-order valence-electron chi connectivity index (χ3n) is 8.55. The van der Waals surface area contributed by atoms with Crippen molar-refractivity contribution in [1.82, 2.24) is 4.57 Å². The second kappa shape index (κ2) is 12.7. The third-order valence-corrected chi connectivity index (χ3v) is 8.55. The molecule has 1 aliphatic rings. The number of benzene rings is 2. The Kier molecular flexibility index (Phi) is 9.48. The van der Waals surface area contributed by atoms with E-state index < -0.39 is 0 Å². The maximum atomic E-state index is 12.2. The van der Waals surface area contributed by atoms with Crippen molar-refractivity contribution < 1.29 is 14.3 Å². The van der Waals surface area contributed by atoms with E-state index in [-0.39, 0.29) is 23.6 Å². The highest BCUT2D eigenvalue weighted by atomic mass is 16.6. The number of hydrogen-bond acceptors (Lipinski definition) is 3. The maximum absolute atomic E-state index is 12.2. The quantitative estimate of drug-likeness (QED) is 0.130. The van der Waals surface area contributed by atoms with Gasteiger partial charge in [0.25, 0.3) is 0 Å². The molecule has 0 radical (unpaired) electrons. The minimum absolute atomic E-state index is 0.0344. The highest BCUT2D eigenvalue weighted by molar-refractivity contribution is 5.89. The smallest absolute Gasteiger partial charge is 0.333 e. The fourth-order valence-electron chi connectivity index (χ4n) is 6.09. The average molecular weight is 544 g/mol. The molecule has 40 heavy (non-hydrogen) atoms. The zero-order valence-electron chi connectivity index (χ0n) is 25.8. The first-order valence-electron chi connectivity index (χ1n) is 15.3. The van der Waals surface area contributed by atoms with Gasteiger partial charge in [0, 0.05) is 40.2 Å². The molecule has 4 heteroatoms. The summed E-state index contributed by atoms with van der Waals surface area (Å²) >= 11 is 0. The molecule has 216 valence electrons. The number of carbonyl (C=O) groups excluding carboxylic acids is 1. The van der Waals surface area contributed by atoms with Crippen LogP contribution in [0.2, 0.25) is 0 Å². The maximum Gasteiger partial charge on any atom is 0.333 e. The van der Waals surface area contributed by atoms with E-state index in [0.29, 0.717) is 11.5 Å². The number of fused-ring (bicyclic) bond motifs is 1. The molecular formula is C36H49NO3. The molecule has 0 aliphatic heterocycles. The van der Waals surface area contributed by atoms with E-state index >= 15 is 0 Å². The number of ether oxygens (including phenoxy) is 2. The highest BCUT2D eigenvalue weighted by Gasteiger charge is 2.47. The van der Waals surface area contributed by atoms with Gasteiger partial charge in [0.05, 0.1) is 5.52 Å². The summed E-state index contributed by atoms with van der Waals surface area (Å²) in [5.74, 6) is 1.06. The highest BCUT2D eigenvalue weighted by Crippen LogP contribution is 2.43. The van der Waals surface area contributed by atoms with Crippen molar-refractivity contribution in [1.29, 1.82) is 0 Å². The molecular weight excluding hydrogens is 494 g/mol. The first kappa shape index (κ1) is 30.0. The lowest BCUT2D eigenvalue weighted by molar-refractivity contribution is -0.150. The number of aryl methyl sites for hydroxylation is 2. The third kappa shape index (κ3) is 6.48. The van der Waals surface area contributed by atoms with E-state index in [1.54, 1.807) is 6.92 Å². The van der Waals surface area contributed by atoms with Crippen LogP contribution in [0.25, 0.3) is 22.2 Å². The molecule has 4 rings (SSSR count). The molecule has 0 bridgehead atoms. The van der Waals surface area contributed by atoms with Crippen molar-refractivity contribution in [3.05, 3.63) is 65.7 Å². The van der Waals surface area contributed by atoms with E-state index in [1.807, 2.05) is 0 Å². The predicted molar refractivity (Wildman–Crippen MR) is 167 cm³/mol. The van der Waals surface area contributed by atoms with Crippen LogP contribution in [0.15, 0.2) is 54.6 Å². The summed E-state index contributed by atoms with van der Waals surface area (Å²) in [5, 5.41) is 1.23. The Bertz CT molecular complexity index is 1350. The van der Waals surface area contributed by atoms with Gasteiger partial charge < -0.3 is 14.0 Å². The minimum atomic E-state index is -0.320. The molecule has 3 aromatic rings. The molecule has 0 N–H and O–H groups in total. The van der Waals surface area contributed by atoms with Crippen LogP contribution in [0, 0.1) is 11.3 Å². The topological polar surface area (TPSA) is 40.5 Å². The molecule has 0 amide bonds. The molecule has 0 spiro atoms. The summed E-state index contributed by atoms with van der Waals surface area (Å²) in [4.78, 5) is 12.2. The van der Waals surface area contributed by atoms with Crippen molar-refractivity contribution in [2.45, 2.75) is 112 Å². The molecule has 1 aliphatic carbocycles. The Morgan fingerprint density at radius 1 is 1.05 bits per heavy atom. The van der Waals surface area contributed by atoms with Gasteiger partial charge in [-0.25, -0.2) is 4.79 Å². The Hall–Kier alpha value is -3.01. The van der Waals surface area contributed by atoms with Crippen LogP contribution in [-0.4, -0.2) is 22.7 Å². The van der Waals surface area contributed by atoms with Gasteiger partial charge in [-0.3, -0.25) is 0 Å². The van der Waals surface area contributed by atoms with Gasteiger partial charge in [0.1, 0.15) is 18.0 Å². The molecule has 1 heterocycles. The summed E-state index contributed by atoms with van der Waals surface area (Å²) in [5.41, 5.74) is 6.83. The van der Waals surface area contributed by atoms with Crippen LogP contribution in [0.4, 0.5) is 0 Å². The predicted octanol–water partition coefficient (Wildman–Crippen LogP) is 9.31. The fraction of sp³-hybridized carbons (Fsp3) is 0.528. The summed E-state index contributed by atoms with van der Waals surface area (Å²) in [7, 11) is 0. The number of aromatic nitrogens is 1. The van der Waals surface area contributed by atoms with Crippen LogP contribution in [-0.2, 0) is 28.9 Å². The van der Waals surface area contributed by atoms with Crippen molar-refractivity contribution in [3.8, 4) is 17.0 Å². The van der Waals surface area contributed by atoms with Gasteiger partial charge in [-0.1, -0.05) is 79.2 Å². The Morgan fingerprint density at radius 2 is 1.80 bits per heavy atom. The molecule has 2 aromatic carbocycles. The van der Waals surface area contributed by atoms with Gasteiger partial charge in [-0.05, 0) is 74.3 Å². The number of nitrogens with zero attached hydrogens (tertiary/aromatic N) is 1. The van der Waals surface area contributed by atoms with Gasteiger partial charge in [0.15, 0.2) is 0 Å². The standard InChI is InChI=1S/C36H49NO3/c1-9-11-12-13-26-14-17-30(27(10-2)20-26)32-21-28-15-16-29(22-31(28)37(32)23-24(3)4)39-33-18-19-34(36(33,7)8)40-35(38)25(5)6/h14-17,20-22,24,33-34H,5,9-13,18-19,23H2,1-4,6-8H3. The van der Waals surface area contributed by atoms with Gasteiger partial charge in [-0.2, -0.15) is 0 Å². The van der Waals surface area contributed by atoms with Crippen LogP contribution in [0.1, 0.15) is 91.7 Å². The van der Waals surface area contributed by atoms with E-state index in [1.165, 1.54) is 52.5 Å². The Labute approximate surface area is 241 Å². The monoisotopic (exact) mass is 543 g/mol. The van der Waals surface area contributed by atoms with Crippen molar-refractivity contribution >= 4 is 16.9 Å². The number of esters is 1. The molecule has 2 atom stereocenters. The SMILES string of the molecule is C=C(C)C(=O)OC1CCC(Oc2ccc3cc(-c4ccc(CCCCC)cc4CC)n(CC(C)C)c3c2)C1(C)C. The number of rotatable bonds is 12. The van der Waals surface area contributed by atoms with Crippen molar-refractivity contribution in [2.24, 2.45) is 11.3 Å². The summed E-state index contributed by atoms with van der Waals surface area (Å²) < 4.78 is 14.9. The number of carbonyl (C=O) groups is 1. The molecule has 4 nitrogen and oxygen atoms in total. The molecule has 1 saturated carbocycles. The first-order chi connectivity index (χ1) is 19.0. The second-order valence-electron chi connectivity index (χ2n) is 12.7. The van der Waals surface area contributed by atoms with Gasteiger partial charge in [-0.15, -0.1) is 0 Å². The van der Waals surface area contributed by atoms with Crippen LogP contribution >= 0.6 is 0 Å². The average Bonchev–Trinajstić information content (AvgIpc) is 3.39. The van der Waals surface area contributed by atoms with E-state index in [9.17, 15) is 4.79 Å². The molecule has 1 aromatic heterocycles. The first-order valence-corrected chi connectivity index (χ1v) is 15.3. The van der Waals surface area contributed by atoms with E-state index in [2.05, 4.69) is 95.2 Å². The van der Waals surface area contributed by atoms with Gasteiger partial charge >= 0.3 is 5.97 Å². The lowest BCUT2D eigenvalue weighted by Gasteiger charge is -2.32. The summed E-state index contributed by atoms with van der Waals surface area (Å²) in [6, 6.07) is 15.9. The van der Waals surface area contributed by atoms with Crippen molar-refractivity contribution in [2.75, 3.05) is 0 Å². The molecule has 2 unspecified atom stereocenters. The number of hydrogen-bond donors (Lipinski definition) is 0. The van der Waals surface area contributed by atoms with Crippen LogP contribution in [0.5, 0.6) is 5.75 Å². The second-order valence-corrected chi connectivity index (χ2v) is 12.7. The van der Waals surface area contributed by atoms with Crippen LogP contribution in [0.3, 0.4) is 0 Å². The van der Waals surface area contributed by atoms with E-state index in [0.717, 1.165) is 38.0 Å². The lowest BCUT2D eigenvalue weighted by Crippen LogP contribution is -2.38. The van der Waals surface area contributed by atoms with Gasteiger partial charge in [0.2, 0.25) is 0 Å². The van der Waals surface area contributed by atoms with Crippen LogP contribution < -0.4 is 4.74 Å². The zero-order valence-corrected chi connectivity index (χ0v) is 25.8. The summed E-state index contributed by atoms with van der Waals surface area (Å²) in [6.07, 6.45) is 7.39. The zero-order chi connectivity index (χ0) is 29.0. The molecule has 0 saturated heterocycles. The summed E-state index contributed by atoms with van der Waals surface area (Å²) in [6.45, 7) is 19.7. The lowest BCUT2D eigenvalue weighted by atomic mass is 9.86.